The van der Waals surface area contributed by atoms with E-state index in [4.69, 9.17) is 27.9 Å². The average Bonchev–Trinajstić information content (AvgIpc) is 3.38. The zero-order chi connectivity index (χ0) is 23.3. The molecule has 172 valence electrons. The first-order chi connectivity index (χ1) is 15.3. The number of carbonyl (C=O) groups excluding carboxylic acids is 3. The van der Waals surface area contributed by atoms with Gasteiger partial charge in [-0.15, -0.1) is 23.2 Å². The van der Waals surface area contributed by atoms with Crippen molar-refractivity contribution in [3.63, 3.8) is 0 Å². The Morgan fingerprint density at radius 1 is 1.38 bits per heavy atom. The van der Waals surface area contributed by atoms with Crippen molar-refractivity contribution in [2.45, 2.75) is 49.0 Å². The summed E-state index contributed by atoms with van der Waals surface area (Å²) in [6.45, 7) is 0.564. The number of amides is 2. The highest BCUT2D eigenvalue weighted by atomic mass is 35.5. The number of nitriles is 1. The Kier molecular flexibility index (Phi) is 8.21. The van der Waals surface area contributed by atoms with E-state index in [-0.39, 0.29) is 36.9 Å². The van der Waals surface area contributed by atoms with E-state index in [0.717, 1.165) is 11.3 Å². The molecule has 10 heteroatoms. The summed E-state index contributed by atoms with van der Waals surface area (Å²) in [5.74, 6) is -1.14. The fourth-order valence-electron chi connectivity index (χ4n) is 4.21. The summed E-state index contributed by atoms with van der Waals surface area (Å²) < 4.78 is 5.37. The van der Waals surface area contributed by atoms with E-state index in [1.807, 2.05) is 24.3 Å². The van der Waals surface area contributed by atoms with Crippen LogP contribution in [0.15, 0.2) is 18.2 Å². The predicted octanol–water partition coefficient (Wildman–Crippen LogP) is 2.34. The standard InChI is InChI=1S/C22H26Cl2N4O4/c1-32-19-4-2-3-16-15(19)10-17(28-16)18(29)8-13(9-20(23)24)22(31)27-14(11-25)7-12-5-6-26-21(12)30/h2-4,12-14,17,20,28H,5-10H2,1H3,(H,26,30)(H,27,31)/t12-,13-,14-,17?/m0/s1. The molecule has 2 heterocycles. The molecule has 0 aliphatic carbocycles. The fourth-order valence-corrected chi connectivity index (χ4v) is 4.64. The van der Waals surface area contributed by atoms with Gasteiger partial charge in [-0.25, -0.2) is 0 Å². The van der Waals surface area contributed by atoms with Crippen LogP contribution in [-0.2, 0) is 20.8 Å². The first-order valence-corrected chi connectivity index (χ1v) is 11.4. The van der Waals surface area contributed by atoms with Crippen LogP contribution >= 0.6 is 23.2 Å². The number of methoxy groups -OCH3 is 1. The minimum atomic E-state index is -0.839. The number of halogens is 2. The second-order valence-electron chi connectivity index (χ2n) is 8.08. The third kappa shape index (κ3) is 5.84. The number of nitrogens with one attached hydrogen (secondary N) is 3. The lowest BCUT2D eigenvalue weighted by Crippen LogP contribution is -2.42. The van der Waals surface area contributed by atoms with Gasteiger partial charge in [0.05, 0.1) is 19.2 Å². The number of Topliss-reactive ketones (excluding diaryl/α,β-unsaturated/α-hetero) is 1. The molecule has 0 bridgehead atoms. The highest BCUT2D eigenvalue weighted by Gasteiger charge is 2.34. The molecule has 0 radical (unpaired) electrons. The zero-order valence-electron chi connectivity index (χ0n) is 17.7. The summed E-state index contributed by atoms with van der Waals surface area (Å²) in [5.41, 5.74) is 1.75. The topological polar surface area (TPSA) is 120 Å². The number of alkyl halides is 2. The van der Waals surface area contributed by atoms with E-state index in [9.17, 15) is 19.6 Å². The Balaban J connectivity index is 1.63. The molecule has 1 saturated heterocycles. The van der Waals surface area contributed by atoms with Gasteiger partial charge in [0.1, 0.15) is 16.6 Å². The number of nitrogens with zero attached hydrogens (tertiary/aromatic N) is 1. The number of ketones is 1. The van der Waals surface area contributed by atoms with Gasteiger partial charge in [-0.3, -0.25) is 14.4 Å². The molecule has 4 atom stereocenters. The van der Waals surface area contributed by atoms with Gasteiger partial charge in [0, 0.05) is 42.5 Å². The van der Waals surface area contributed by atoms with Crippen LogP contribution < -0.4 is 20.7 Å². The van der Waals surface area contributed by atoms with Crippen LogP contribution in [0.1, 0.15) is 31.2 Å². The van der Waals surface area contributed by atoms with E-state index in [2.05, 4.69) is 16.0 Å². The van der Waals surface area contributed by atoms with E-state index >= 15 is 0 Å². The molecule has 0 aromatic heterocycles. The fraction of sp³-hybridized carbons (Fsp3) is 0.545. The maximum Gasteiger partial charge on any atom is 0.224 e. The number of benzene rings is 1. The lowest BCUT2D eigenvalue weighted by molar-refractivity contribution is -0.130. The minimum Gasteiger partial charge on any atom is -0.496 e. The third-order valence-electron chi connectivity index (χ3n) is 5.92. The van der Waals surface area contributed by atoms with E-state index in [1.54, 1.807) is 7.11 Å². The maximum atomic E-state index is 13.0. The molecule has 3 rings (SSSR count). The smallest absolute Gasteiger partial charge is 0.224 e. The molecule has 1 unspecified atom stereocenters. The molecule has 8 nitrogen and oxygen atoms in total. The number of anilines is 1. The predicted molar refractivity (Wildman–Crippen MR) is 121 cm³/mol. The van der Waals surface area contributed by atoms with Crippen LogP contribution in [0.5, 0.6) is 5.75 Å². The summed E-state index contributed by atoms with van der Waals surface area (Å²) >= 11 is 11.8. The minimum absolute atomic E-state index is 0.0716. The van der Waals surface area contributed by atoms with Crippen molar-refractivity contribution >= 4 is 46.5 Å². The lowest BCUT2D eigenvalue weighted by atomic mass is 9.93. The third-order valence-corrected chi connectivity index (χ3v) is 6.27. The first kappa shape index (κ1) is 24.1. The Hall–Kier alpha value is -2.50. The largest absolute Gasteiger partial charge is 0.496 e. The molecule has 1 aromatic carbocycles. The molecule has 2 amide bonds. The number of carbonyl (C=O) groups is 3. The highest BCUT2D eigenvalue weighted by Crippen LogP contribution is 2.34. The Morgan fingerprint density at radius 3 is 2.78 bits per heavy atom. The summed E-state index contributed by atoms with van der Waals surface area (Å²) in [6.07, 6.45) is 1.30. The van der Waals surface area contributed by atoms with Crippen molar-refractivity contribution in [2.75, 3.05) is 19.0 Å². The van der Waals surface area contributed by atoms with Crippen molar-refractivity contribution < 1.29 is 19.1 Å². The van der Waals surface area contributed by atoms with Crippen molar-refractivity contribution in [3.05, 3.63) is 23.8 Å². The highest BCUT2D eigenvalue weighted by molar-refractivity contribution is 6.44. The van der Waals surface area contributed by atoms with Crippen LogP contribution in [0, 0.1) is 23.2 Å². The van der Waals surface area contributed by atoms with Gasteiger partial charge in [0.2, 0.25) is 11.8 Å². The monoisotopic (exact) mass is 480 g/mol. The van der Waals surface area contributed by atoms with Crippen LogP contribution in [0.3, 0.4) is 0 Å². The molecule has 0 saturated carbocycles. The molecule has 2 aliphatic heterocycles. The Bertz CT molecular complexity index is 918. The summed E-state index contributed by atoms with van der Waals surface area (Å²) in [6, 6.07) is 6.25. The molecular formula is C22H26Cl2N4O4. The number of rotatable bonds is 10. The van der Waals surface area contributed by atoms with Gasteiger partial charge >= 0.3 is 0 Å². The van der Waals surface area contributed by atoms with Gasteiger partial charge in [-0.1, -0.05) is 6.07 Å². The Morgan fingerprint density at radius 2 is 2.16 bits per heavy atom. The van der Waals surface area contributed by atoms with Crippen molar-refractivity contribution in [1.82, 2.24) is 10.6 Å². The molecule has 2 aliphatic rings. The second-order valence-corrected chi connectivity index (χ2v) is 9.36. The molecule has 32 heavy (non-hydrogen) atoms. The van der Waals surface area contributed by atoms with Gasteiger partial charge < -0.3 is 20.7 Å². The van der Waals surface area contributed by atoms with Gasteiger partial charge in [-0.05, 0) is 31.4 Å². The van der Waals surface area contributed by atoms with Gasteiger partial charge in [-0.2, -0.15) is 5.26 Å². The van der Waals surface area contributed by atoms with Gasteiger partial charge in [0.15, 0.2) is 5.78 Å². The van der Waals surface area contributed by atoms with Crippen LogP contribution in [-0.4, -0.2) is 48.2 Å². The lowest BCUT2D eigenvalue weighted by Gasteiger charge is -2.21. The number of fused-ring (bicyclic) bond motifs is 1. The van der Waals surface area contributed by atoms with E-state index in [1.165, 1.54) is 0 Å². The SMILES string of the molecule is COc1cccc2c1CC(C(=O)C[C@@H](CC(Cl)Cl)C(=O)N[C@H](C#N)C[C@@H]1CCNC1=O)N2. The van der Waals surface area contributed by atoms with Crippen LogP contribution in [0.2, 0.25) is 0 Å². The number of hydrogen-bond donors (Lipinski definition) is 3. The summed E-state index contributed by atoms with van der Waals surface area (Å²) in [7, 11) is 1.58. The van der Waals surface area contributed by atoms with Crippen molar-refractivity contribution in [2.24, 2.45) is 11.8 Å². The van der Waals surface area contributed by atoms with Crippen LogP contribution in [0.25, 0.3) is 0 Å². The van der Waals surface area contributed by atoms with Crippen LogP contribution in [0.4, 0.5) is 5.69 Å². The quantitative estimate of drug-likeness (QED) is 0.442. The summed E-state index contributed by atoms with van der Waals surface area (Å²) in [5, 5.41) is 18.0. The first-order valence-electron chi connectivity index (χ1n) is 10.5. The molecular weight excluding hydrogens is 455 g/mol. The normalized spacial score (nSPS) is 21.2. The summed E-state index contributed by atoms with van der Waals surface area (Å²) in [4.78, 5) is 36.9. The number of ether oxygens (including phenoxy) is 1. The molecule has 0 spiro atoms. The van der Waals surface area contributed by atoms with E-state index in [0.29, 0.717) is 25.1 Å². The zero-order valence-corrected chi connectivity index (χ0v) is 19.2. The number of hydrogen-bond acceptors (Lipinski definition) is 6. The average molecular weight is 481 g/mol. The molecule has 1 aromatic rings. The van der Waals surface area contributed by atoms with Crippen molar-refractivity contribution in [3.8, 4) is 11.8 Å². The second kappa shape index (κ2) is 10.9. The van der Waals surface area contributed by atoms with Crippen molar-refractivity contribution in [1.29, 1.82) is 5.26 Å². The molecule has 1 fully saturated rings. The van der Waals surface area contributed by atoms with Gasteiger partial charge in [0.25, 0.3) is 0 Å². The molecule has 3 N–H and O–H groups in total. The maximum absolute atomic E-state index is 13.0. The van der Waals surface area contributed by atoms with E-state index < -0.39 is 28.7 Å². The Labute approximate surface area is 197 Å².